The van der Waals surface area contributed by atoms with Crippen molar-refractivity contribution in [2.45, 2.75) is 20.4 Å². The number of ether oxygens (including phenoxy) is 1. The van der Waals surface area contributed by atoms with Crippen molar-refractivity contribution in [2.75, 3.05) is 11.5 Å². The Labute approximate surface area is 172 Å². The van der Waals surface area contributed by atoms with Crippen molar-refractivity contribution in [3.05, 3.63) is 63.6 Å². The van der Waals surface area contributed by atoms with E-state index in [4.69, 9.17) is 17.0 Å². The Balaban J connectivity index is 1.69. The summed E-state index contributed by atoms with van der Waals surface area (Å²) in [6, 6.07) is 11.8. The van der Waals surface area contributed by atoms with Crippen LogP contribution in [0.25, 0.3) is 6.08 Å². The van der Waals surface area contributed by atoms with Crippen LogP contribution in [0.2, 0.25) is 0 Å². The highest BCUT2D eigenvalue weighted by Gasteiger charge is 2.27. The molecule has 0 unspecified atom stereocenters. The lowest BCUT2D eigenvalue weighted by Gasteiger charge is -2.30. The average Bonchev–Trinajstić information content (AvgIpc) is 2.94. The Kier molecular flexibility index (Phi) is 4.95. The van der Waals surface area contributed by atoms with E-state index in [2.05, 4.69) is 23.5 Å². The van der Waals surface area contributed by atoms with Crippen molar-refractivity contribution in [3.63, 3.8) is 0 Å². The zero-order chi connectivity index (χ0) is 19.8. The molecule has 2 aliphatic rings. The van der Waals surface area contributed by atoms with Gasteiger partial charge in [-0.15, -0.1) is 0 Å². The van der Waals surface area contributed by atoms with Crippen LogP contribution in [-0.2, 0) is 16.1 Å². The Morgan fingerprint density at radius 3 is 2.61 bits per heavy atom. The normalized spacial score (nSPS) is 17.6. The Morgan fingerprint density at radius 1 is 1.18 bits per heavy atom. The molecule has 142 valence electrons. The molecule has 1 saturated heterocycles. The van der Waals surface area contributed by atoms with Crippen molar-refractivity contribution in [3.8, 4) is 5.75 Å². The number of rotatable bonds is 3. The summed E-state index contributed by atoms with van der Waals surface area (Å²) in [6.07, 6.45) is 1.77. The number of hydrogen-bond donors (Lipinski definition) is 1. The largest absolute Gasteiger partial charge is 0.482 e. The van der Waals surface area contributed by atoms with Gasteiger partial charge in [0.1, 0.15) is 10.1 Å². The molecule has 0 saturated carbocycles. The molecule has 1 fully saturated rings. The van der Waals surface area contributed by atoms with E-state index in [1.54, 1.807) is 11.0 Å². The molecule has 0 bridgehead atoms. The lowest BCUT2D eigenvalue weighted by Crippen LogP contribution is -2.38. The second-order valence-electron chi connectivity index (χ2n) is 6.84. The molecular formula is C21H18N2O3S2. The van der Waals surface area contributed by atoms with Crippen molar-refractivity contribution in [1.82, 2.24) is 5.32 Å². The van der Waals surface area contributed by atoms with Crippen LogP contribution in [0.1, 0.15) is 22.3 Å². The fraction of sp³-hybridized carbons (Fsp3) is 0.190. The molecule has 0 radical (unpaired) electrons. The molecule has 0 spiro atoms. The van der Waals surface area contributed by atoms with Gasteiger partial charge < -0.3 is 15.0 Å². The number of thiocarbonyl (C=S) groups is 1. The van der Waals surface area contributed by atoms with E-state index in [0.29, 0.717) is 27.2 Å². The van der Waals surface area contributed by atoms with Crippen molar-refractivity contribution >= 4 is 51.9 Å². The van der Waals surface area contributed by atoms with Crippen molar-refractivity contribution in [2.24, 2.45) is 0 Å². The van der Waals surface area contributed by atoms with Gasteiger partial charge in [-0.2, -0.15) is 0 Å². The van der Waals surface area contributed by atoms with Gasteiger partial charge in [-0.05, 0) is 43.2 Å². The van der Waals surface area contributed by atoms with E-state index in [1.165, 1.54) is 11.8 Å². The molecule has 1 N–H and O–H groups in total. The summed E-state index contributed by atoms with van der Waals surface area (Å²) in [5.74, 6) is 0.364. The molecule has 4 rings (SSSR count). The number of nitrogens with zero attached hydrogens (tertiary/aromatic N) is 1. The molecule has 2 amide bonds. The number of anilines is 1. The SMILES string of the molecule is Cc1cc(C)cc(CN2C(=O)COc3ccc(C=C4SC(=S)NC4=O)cc32)c1. The predicted molar refractivity (Wildman–Crippen MR) is 115 cm³/mol. The number of amides is 2. The number of nitrogens with one attached hydrogen (secondary N) is 1. The van der Waals surface area contributed by atoms with Crippen LogP contribution in [0.15, 0.2) is 41.3 Å². The summed E-state index contributed by atoms with van der Waals surface area (Å²) in [4.78, 5) is 26.8. The second kappa shape index (κ2) is 7.41. The van der Waals surface area contributed by atoms with Gasteiger partial charge in [0.05, 0.1) is 17.1 Å². The van der Waals surface area contributed by atoms with Crippen LogP contribution in [-0.4, -0.2) is 22.7 Å². The van der Waals surface area contributed by atoms with E-state index >= 15 is 0 Å². The number of fused-ring (bicyclic) bond motifs is 1. The van der Waals surface area contributed by atoms with Gasteiger partial charge in [0.25, 0.3) is 11.8 Å². The summed E-state index contributed by atoms with van der Waals surface area (Å²) >= 11 is 6.27. The smallest absolute Gasteiger partial charge is 0.265 e. The average molecular weight is 411 g/mol. The molecule has 2 aliphatic heterocycles. The summed E-state index contributed by atoms with van der Waals surface area (Å²) in [7, 11) is 0. The molecule has 2 aromatic rings. The minimum absolute atomic E-state index is 0.0186. The van der Waals surface area contributed by atoms with Gasteiger partial charge in [0.2, 0.25) is 0 Å². The van der Waals surface area contributed by atoms with E-state index in [9.17, 15) is 9.59 Å². The second-order valence-corrected chi connectivity index (χ2v) is 8.56. The number of carbonyl (C=O) groups is 2. The molecule has 28 heavy (non-hydrogen) atoms. The Hall–Kier alpha value is -2.64. The third-order valence-corrected chi connectivity index (χ3v) is 5.65. The maximum atomic E-state index is 12.6. The summed E-state index contributed by atoms with van der Waals surface area (Å²) in [6.45, 7) is 4.58. The van der Waals surface area contributed by atoms with Gasteiger partial charge in [-0.25, -0.2) is 0 Å². The summed E-state index contributed by atoms with van der Waals surface area (Å²) < 4.78 is 6.05. The molecule has 0 aromatic heterocycles. The van der Waals surface area contributed by atoms with Gasteiger partial charge in [0.15, 0.2) is 6.61 Å². The van der Waals surface area contributed by atoms with Crippen LogP contribution in [0.4, 0.5) is 5.69 Å². The Bertz CT molecular complexity index is 1030. The zero-order valence-corrected chi connectivity index (χ0v) is 17.1. The van der Waals surface area contributed by atoms with Crippen LogP contribution in [0.3, 0.4) is 0 Å². The maximum absolute atomic E-state index is 12.6. The van der Waals surface area contributed by atoms with Gasteiger partial charge >= 0.3 is 0 Å². The number of benzene rings is 2. The molecule has 0 aliphatic carbocycles. The first-order valence-corrected chi connectivity index (χ1v) is 10.0. The molecule has 0 atom stereocenters. The van der Waals surface area contributed by atoms with Crippen molar-refractivity contribution in [1.29, 1.82) is 0 Å². The van der Waals surface area contributed by atoms with Crippen LogP contribution >= 0.6 is 24.0 Å². The minimum atomic E-state index is -0.202. The molecular weight excluding hydrogens is 392 g/mol. The number of thioether (sulfide) groups is 1. The highest BCUT2D eigenvalue weighted by Crippen LogP contribution is 2.35. The monoisotopic (exact) mass is 410 g/mol. The van der Waals surface area contributed by atoms with E-state index in [0.717, 1.165) is 22.3 Å². The molecule has 7 heteroatoms. The number of aryl methyl sites for hydroxylation is 2. The third-order valence-electron chi connectivity index (χ3n) is 4.49. The fourth-order valence-corrected chi connectivity index (χ4v) is 4.44. The third kappa shape index (κ3) is 3.81. The van der Waals surface area contributed by atoms with Gasteiger partial charge in [0, 0.05) is 0 Å². The Morgan fingerprint density at radius 2 is 1.93 bits per heavy atom. The first-order chi connectivity index (χ1) is 13.4. The number of hydrogen-bond acceptors (Lipinski definition) is 5. The highest BCUT2D eigenvalue weighted by atomic mass is 32.2. The lowest BCUT2D eigenvalue weighted by molar-refractivity contribution is -0.121. The minimum Gasteiger partial charge on any atom is -0.482 e. The lowest BCUT2D eigenvalue weighted by atomic mass is 10.1. The molecule has 2 heterocycles. The fourth-order valence-electron chi connectivity index (χ4n) is 3.40. The van der Waals surface area contributed by atoms with Crippen LogP contribution in [0, 0.1) is 13.8 Å². The van der Waals surface area contributed by atoms with E-state index in [1.807, 2.05) is 32.0 Å². The standard InChI is InChI=1S/C21H18N2O3S2/c1-12-5-13(2)7-15(6-12)10-23-16-8-14(3-4-17(16)26-11-19(23)24)9-18-20(25)22-21(27)28-18/h3-9H,10-11H2,1-2H3,(H,22,25,27). The van der Waals surface area contributed by atoms with E-state index < -0.39 is 0 Å². The van der Waals surface area contributed by atoms with Crippen LogP contribution < -0.4 is 15.0 Å². The quantitative estimate of drug-likeness (QED) is 0.617. The first-order valence-electron chi connectivity index (χ1n) is 8.78. The van der Waals surface area contributed by atoms with Gasteiger partial charge in [-0.3, -0.25) is 9.59 Å². The maximum Gasteiger partial charge on any atom is 0.265 e. The van der Waals surface area contributed by atoms with E-state index in [-0.39, 0.29) is 18.4 Å². The first kappa shape index (κ1) is 18.7. The predicted octanol–water partition coefficient (Wildman–Crippen LogP) is 3.72. The topological polar surface area (TPSA) is 58.6 Å². The summed E-state index contributed by atoms with van der Waals surface area (Å²) in [5.41, 5.74) is 4.91. The number of carbonyl (C=O) groups excluding carboxylic acids is 2. The zero-order valence-electron chi connectivity index (χ0n) is 15.4. The molecule has 5 nitrogen and oxygen atoms in total. The highest BCUT2D eigenvalue weighted by molar-refractivity contribution is 8.26. The molecule has 2 aromatic carbocycles. The van der Waals surface area contributed by atoms with Gasteiger partial charge in [-0.1, -0.05) is 59.4 Å². The van der Waals surface area contributed by atoms with Crippen LogP contribution in [0.5, 0.6) is 5.75 Å². The van der Waals surface area contributed by atoms with Crippen molar-refractivity contribution < 1.29 is 14.3 Å². The summed E-state index contributed by atoms with van der Waals surface area (Å²) in [5, 5.41) is 2.61.